The van der Waals surface area contributed by atoms with Crippen LogP contribution < -0.4 is 11.1 Å². The number of hydrogen-bond acceptors (Lipinski definition) is 7. The lowest BCUT2D eigenvalue weighted by Gasteiger charge is -2.19. The van der Waals surface area contributed by atoms with E-state index < -0.39 is 40.4 Å². The number of amides is 2. The summed E-state index contributed by atoms with van der Waals surface area (Å²) in [7, 11) is 0. The molecule has 8 nitrogen and oxygen atoms in total. The second-order valence-corrected chi connectivity index (χ2v) is 6.95. The first kappa shape index (κ1) is 20.6. The van der Waals surface area contributed by atoms with E-state index in [-0.39, 0.29) is 15.5 Å². The van der Waals surface area contributed by atoms with Gasteiger partial charge in [0.05, 0.1) is 15.6 Å². The SMILES string of the molecule is NC(=O)c1ccc(SCC(=O)NC(c2nccs2)C(F)(F)F)c([N+](=O)[O-])c1. The molecule has 144 valence electrons. The summed E-state index contributed by atoms with van der Waals surface area (Å²) in [6.07, 6.45) is -3.56. The summed E-state index contributed by atoms with van der Waals surface area (Å²) in [4.78, 5) is 36.9. The number of primary amides is 1. The fraction of sp³-hybridized carbons (Fsp3) is 0.214. The average Bonchev–Trinajstić information content (AvgIpc) is 3.10. The molecule has 3 N–H and O–H groups in total. The molecular formula is C14H11F3N4O4S2. The third-order valence-corrected chi connectivity index (χ3v) is 5.03. The number of nitrogens with zero attached hydrogens (tertiary/aromatic N) is 2. The zero-order valence-corrected chi connectivity index (χ0v) is 14.9. The van der Waals surface area contributed by atoms with Gasteiger partial charge in [-0.1, -0.05) is 0 Å². The van der Waals surface area contributed by atoms with E-state index >= 15 is 0 Å². The topological polar surface area (TPSA) is 128 Å². The van der Waals surface area contributed by atoms with E-state index in [2.05, 4.69) is 4.98 Å². The van der Waals surface area contributed by atoms with Crippen LogP contribution in [0.4, 0.5) is 18.9 Å². The molecule has 0 spiro atoms. The molecule has 0 saturated carbocycles. The number of thioether (sulfide) groups is 1. The van der Waals surface area contributed by atoms with Gasteiger partial charge in [0.1, 0.15) is 5.01 Å². The van der Waals surface area contributed by atoms with Gasteiger partial charge >= 0.3 is 6.18 Å². The molecule has 1 heterocycles. The summed E-state index contributed by atoms with van der Waals surface area (Å²) < 4.78 is 39.3. The number of nitrogens with two attached hydrogens (primary N) is 1. The van der Waals surface area contributed by atoms with E-state index in [0.717, 1.165) is 17.4 Å². The van der Waals surface area contributed by atoms with Gasteiger partial charge in [0.15, 0.2) is 6.04 Å². The van der Waals surface area contributed by atoms with Gasteiger partial charge in [-0.05, 0) is 12.1 Å². The van der Waals surface area contributed by atoms with Crippen LogP contribution in [0.2, 0.25) is 0 Å². The maximum atomic E-state index is 13.1. The van der Waals surface area contributed by atoms with Gasteiger partial charge in [-0.2, -0.15) is 13.2 Å². The Kier molecular flexibility index (Phi) is 6.38. The lowest BCUT2D eigenvalue weighted by atomic mass is 10.2. The monoisotopic (exact) mass is 420 g/mol. The highest BCUT2D eigenvalue weighted by Crippen LogP contribution is 2.34. The number of rotatable bonds is 7. The van der Waals surface area contributed by atoms with Crippen LogP contribution in [-0.4, -0.2) is 33.7 Å². The number of hydrogen-bond donors (Lipinski definition) is 2. The molecule has 0 bridgehead atoms. The number of alkyl halides is 3. The second kappa shape index (κ2) is 8.35. The lowest BCUT2D eigenvalue weighted by Crippen LogP contribution is -2.38. The molecule has 0 saturated heterocycles. The normalized spacial score (nSPS) is 12.4. The Morgan fingerprint density at radius 1 is 1.41 bits per heavy atom. The maximum absolute atomic E-state index is 13.1. The highest BCUT2D eigenvalue weighted by Gasteiger charge is 2.43. The lowest BCUT2D eigenvalue weighted by molar-refractivity contribution is -0.387. The highest BCUT2D eigenvalue weighted by atomic mass is 32.2. The van der Waals surface area contributed by atoms with Crippen molar-refractivity contribution in [3.63, 3.8) is 0 Å². The molecule has 0 aliphatic heterocycles. The van der Waals surface area contributed by atoms with Crippen LogP contribution in [0.1, 0.15) is 21.4 Å². The first-order valence-corrected chi connectivity index (χ1v) is 8.92. The van der Waals surface area contributed by atoms with Gasteiger partial charge in [-0.3, -0.25) is 19.7 Å². The Bertz CT molecular complexity index is 859. The van der Waals surface area contributed by atoms with E-state index in [4.69, 9.17) is 5.73 Å². The molecule has 0 aliphatic rings. The van der Waals surface area contributed by atoms with Crippen molar-refractivity contribution >= 4 is 40.6 Å². The number of aromatic nitrogens is 1. The standard InChI is InChI=1S/C14H11F3N4O4S2/c15-14(16,17)11(13-19-3-4-26-13)20-10(22)6-27-9-2-1-7(12(18)23)5-8(9)21(24)25/h1-5,11H,6H2,(H2,18,23)(H,20,22). The van der Waals surface area contributed by atoms with Crippen LogP contribution in [0.15, 0.2) is 34.7 Å². The van der Waals surface area contributed by atoms with Gasteiger partial charge in [0.25, 0.3) is 5.69 Å². The number of halogens is 3. The fourth-order valence-corrected chi connectivity index (χ4v) is 3.47. The van der Waals surface area contributed by atoms with Gasteiger partial charge in [0, 0.05) is 23.2 Å². The average molecular weight is 420 g/mol. The Hall–Kier alpha value is -2.67. The van der Waals surface area contributed by atoms with Crippen molar-refractivity contribution in [2.45, 2.75) is 17.1 Å². The molecule has 1 aromatic carbocycles. The van der Waals surface area contributed by atoms with E-state index in [0.29, 0.717) is 11.8 Å². The summed E-state index contributed by atoms with van der Waals surface area (Å²) >= 11 is 1.40. The smallest absolute Gasteiger partial charge is 0.366 e. The molecular weight excluding hydrogens is 409 g/mol. The van der Waals surface area contributed by atoms with Crippen molar-refractivity contribution in [3.05, 3.63) is 50.5 Å². The van der Waals surface area contributed by atoms with Crippen molar-refractivity contribution in [1.29, 1.82) is 0 Å². The number of nitro benzene ring substituents is 1. The zero-order chi connectivity index (χ0) is 20.2. The molecule has 1 atom stereocenters. The van der Waals surface area contributed by atoms with E-state index in [1.54, 1.807) is 0 Å². The van der Waals surface area contributed by atoms with E-state index in [9.17, 15) is 32.9 Å². The van der Waals surface area contributed by atoms with Crippen molar-refractivity contribution < 1.29 is 27.7 Å². The van der Waals surface area contributed by atoms with Crippen LogP contribution in [0.3, 0.4) is 0 Å². The first-order chi connectivity index (χ1) is 12.6. The largest absolute Gasteiger partial charge is 0.415 e. The molecule has 2 amide bonds. The van der Waals surface area contributed by atoms with Crippen LogP contribution in [0.25, 0.3) is 0 Å². The Labute approximate surface area is 158 Å². The van der Waals surface area contributed by atoms with Crippen LogP contribution >= 0.6 is 23.1 Å². The maximum Gasteiger partial charge on any atom is 0.415 e. The van der Waals surface area contributed by atoms with Gasteiger partial charge < -0.3 is 11.1 Å². The Morgan fingerprint density at radius 2 is 2.11 bits per heavy atom. The summed E-state index contributed by atoms with van der Waals surface area (Å²) in [6.45, 7) is 0. The van der Waals surface area contributed by atoms with E-state index in [1.165, 1.54) is 23.7 Å². The Balaban J connectivity index is 2.11. The van der Waals surface area contributed by atoms with Crippen molar-refractivity contribution in [2.24, 2.45) is 5.73 Å². The number of benzene rings is 1. The fourth-order valence-electron chi connectivity index (χ4n) is 1.94. The van der Waals surface area contributed by atoms with Gasteiger partial charge in [0.2, 0.25) is 11.8 Å². The second-order valence-electron chi connectivity index (χ2n) is 5.01. The number of nitrogens with one attached hydrogen (secondary N) is 1. The van der Waals surface area contributed by atoms with Crippen LogP contribution in [0, 0.1) is 10.1 Å². The molecule has 13 heteroatoms. The molecule has 0 aliphatic carbocycles. The molecule has 27 heavy (non-hydrogen) atoms. The number of carbonyl (C=O) groups excluding carboxylic acids is 2. The van der Waals surface area contributed by atoms with Gasteiger partial charge in [-0.25, -0.2) is 4.98 Å². The summed E-state index contributed by atoms with van der Waals surface area (Å²) in [6, 6.07) is 1.11. The predicted molar refractivity (Wildman–Crippen MR) is 91.4 cm³/mol. The molecule has 2 rings (SSSR count). The van der Waals surface area contributed by atoms with Crippen molar-refractivity contribution in [2.75, 3.05) is 5.75 Å². The van der Waals surface area contributed by atoms with Crippen LogP contribution in [0.5, 0.6) is 0 Å². The summed E-state index contributed by atoms with van der Waals surface area (Å²) in [5.41, 5.74) is 4.48. The number of thiazole rings is 1. The number of carbonyl (C=O) groups is 2. The van der Waals surface area contributed by atoms with Crippen molar-refractivity contribution in [1.82, 2.24) is 10.3 Å². The molecule has 1 unspecified atom stereocenters. The molecule has 0 radical (unpaired) electrons. The highest BCUT2D eigenvalue weighted by molar-refractivity contribution is 8.00. The first-order valence-electron chi connectivity index (χ1n) is 7.06. The minimum atomic E-state index is -4.74. The predicted octanol–water partition coefficient (Wildman–Crippen LogP) is 2.66. The molecule has 2 aromatic rings. The van der Waals surface area contributed by atoms with E-state index in [1.807, 2.05) is 5.32 Å². The molecule has 1 aromatic heterocycles. The third kappa shape index (κ3) is 5.40. The molecule has 0 fully saturated rings. The summed E-state index contributed by atoms with van der Waals surface area (Å²) in [5.74, 6) is -2.36. The van der Waals surface area contributed by atoms with Crippen LogP contribution in [-0.2, 0) is 4.79 Å². The minimum absolute atomic E-state index is 0.0120. The quantitative estimate of drug-likeness (QED) is 0.403. The zero-order valence-electron chi connectivity index (χ0n) is 13.2. The Morgan fingerprint density at radius 3 is 2.63 bits per heavy atom. The van der Waals surface area contributed by atoms with Gasteiger partial charge in [-0.15, -0.1) is 23.1 Å². The van der Waals surface area contributed by atoms with Crippen molar-refractivity contribution in [3.8, 4) is 0 Å². The number of nitro groups is 1. The third-order valence-electron chi connectivity index (χ3n) is 3.13. The minimum Gasteiger partial charge on any atom is -0.366 e. The summed E-state index contributed by atoms with van der Waals surface area (Å²) in [5, 5.41) is 13.9.